The number of carbonyl (C=O) groups excluding carboxylic acids is 1. The van der Waals surface area contributed by atoms with Crippen LogP contribution in [0.4, 0.5) is 0 Å². The van der Waals surface area contributed by atoms with E-state index in [1.807, 2.05) is 0 Å². The smallest absolute Gasteiger partial charge is 0.226 e. The minimum atomic E-state index is -0.375. The summed E-state index contributed by atoms with van der Waals surface area (Å²) >= 11 is 0. The van der Waals surface area contributed by atoms with Crippen LogP contribution in [0.5, 0.6) is 0 Å². The van der Waals surface area contributed by atoms with E-state index < -0.39 is 0 Å². The Balaban J connectivity index is 1.39. The predicted molar refractivity (Wildman–Crippen MR) is 140 cm³/mol. The van der Waals surface area contributed by atoms with Crippen molar-refractivity contribution in [2.24, 2.45) is 11.3 Å². The van der Waals surface area contributed by atoms with Crippen LogP contribution in [-0.2, 0) is 16.0 Å². The van der Waals surface area contributed by atoms with Gasteiger partial charge in [-0.05, 0) is 94.6 Å². The van der Waals surface area contributed by atoms with Crippen molar-refractivity contribution < 1.29 is 9.53 Å². The summed E-state index contributed by atoms with van der Waals surface area (Å²) in [5.41, 5.74) is 5.88. The number of hydrogen-bond donors (Lipinski definition) is 1. The van der Waals surface area contributed by atoms with Crippen LogP contribution >= 0.6 is 0 Å². The van der Waals surface area contributed by atoms with Gasteiger partial charge in [-0.15, -0.1) is 0 Å². The van der Waals surface area contributed by atoms with Crippen LogP contribution in [0.15, 0.2) is 42.5 Å². The summed E-state index contributed by atoms with van der Waals surface area (Å²) in [6.45, 7) is 12.2. The SMILES string of the molecule is Cc1cc(C)cc(-c2cccc(CC3(C(=O)NCCCN4CCC(C)CC4)CCOCC3)c2)c1. The highest BCUT2D eigenvalue weighted by Crippen LogP contribution is 2.36. The number of piperidine rings is 1. The Morgan fingerprint density at radius 2 is 1.74 bits per heavy atom. The molecule has 34 heavy (non-hydrogen) atoms. The molecule has 2 aliphatic heterocycles. The Bertz CT molecular complexity index is 936. The van der Waals surface area contributed by atoms with E-state index >= 15 is 0 Å². The molecular weight excluding hydrogens is 420 g/mol. The fraction of sp³-hybridized carbons (Fsp3) is 0.567. The van der Waals surface area contributed by atoms with E-state index in [1.165, 1.54) is 53.7 Å². The molecule has 184 valence electrons. The Hall–Kier alpha value is -2.17. The van der Waals surface area contributed by atoms with Crippen molar-refractivity contribution in [2.75, 3.05) is 39.4 Å². The van der Waals surface area contributed by atoms with E-state index in [0.29, 0.717) is 13.2 Å². The molecule has 2 aromatic carbocycles. The van der Waals surface area contributed by atoms with Gasteiger partial charge in [0.25, 0.3) is 0 Å². The highest BCUT2D eigenvalue weighted by atomic mass is 16.5. The first-order chi connectivity index (χ1) is 16.4. The molecule has 4 rings (SSSR count). The molecule has 2 saturated heterocycles. The van der Waals surface area contributed by atoms with Crippen LogP contribution in [0.1, 0.15) is 55.7 Å². The molecule has 0 atom stereocenters. The summed E-state index contributed by atoms with van der Waals surface area (Å²) < 4.78 is 5.66. The van der Waals surface area contributed by atoms with Gasteiger partial charge in [-0.3, -0.25) is 4.79 Å². The number of benzene rings is 2. The molecule has 0 radical (unpaired) electrons. The molecule has 0 saturated carbocycles. The summed E-state index contributed by atoms with van der Waals surface area (Å²) in [4.78, 5) is 16.0. The average Bonchev–Trinajstić information content (AvgIpc) is 2.83. The van der Waals surface area contributed by atoms with Gasteiger partial charge in [0.05, 0.1) is 5.41 Å². The van der Waals surface area contributed by atoms with Crippen molar-refractivity contribution in [3.8, 4) is 11.1 Å². The van der Waals surface area contributed by atoms with E-state index in [-0.39, 0.29) is 11.3 Å². The lowest BCUT2D eigenvalue weighted by molar-refractivity contribution is -0.136. The molecule has 2 fully saturated rings. The average molecular weight is 463 g/mol. The second-order valence-corrected chi connectivity index (χ2v) is 10.8. The number of aryl methyl sites for hydroxylation is 2. The predicted octanol–water partition coefficient (Wildman–Crippen LogP) is 5.55. The van der Waals surface area contributed by atoms with Gasteiger partial charge in [0.1, 0.15) is 0 Å². The maximum Gasteiger partial charge on any atom is 0.226 e. The highest BCUT2D eigenvalue weighted by molar-refractivity contribution is 5.83. The number of likely N-dealkylation sites (tertiary alicyclic amines) is 1. The summed E-state index contributed by atoms with van der Waals surface area (Å²) in [7, 11) is 0. The van der Waals surface area contributed by atoms with Crippen molar-refractivity contribution in [3.05, 3.63) is 59.2 Å². The molecule has 2 aromatic rings. The fourth-order valence-electron chi connectivity index (χ4n) is 5.62. The van der Waals surface area contributed by atoms with Crippen LogP contribution < -0.4 is 5.32 Å². The number of carbonyl (C=O) groups is 1. The minimum absolute atomic E-state index is 0.208. The van der Waals surface area contributed by atoms with Gasteiger partial charge < -0.3 is 15.0 Å². The quantitative estimate of drug-likeness (QED) is 0.523. The van der Waals surface area contributed by atoms with E-state index in [9.17, 15) is 4.79 Å². The minimum Gasteiger partial charge on any atom is -0.381 e. The van der Waals surface area contributed by atoms with Crippen molar-refractivity contribution in [1.29, 1.82) is 0 Å². The van der Waals surface area contributed by atoms with E-state index in [0.717, 1.165) is 44.7 Å². The Labute approximate surface area is 206 Å². The maximum atomic E-state index is 13.5. The van der Waals surface area contributed by atoms with E-state index in [4.69, 9.17) is 4.74 Å². The molecule has 0 unspecified atom stereocenters. The fourth-order valence-corrected chi connectivity index (χ4v) is 5.62. The lowest BCUT2D eigenvalue weighted by atomic mass is 9.74. The monoisotopic (exact) mass is 462 g/mol. The molecule has 0 aromatic heterocycles. The number of amides is 1. The van der Waals surface area contributed by atoms with Crippen molar-refractivity contribution in [1.82, 2.24) is 10.2 Å². The second-order valence-electron chi connectivity index (χ2n) is 10.8. The number of ether oxygens (including phenoxy) is 1. The molecule has 1 N–H and O–H groups in total. The number of hydrogen-bond acceptors (Lipinski definition) is 3. The summed E-state index contributed by atoms with van der Waals surface area (Å²) in [5, 5.41) is 3.30. The normalized spacial score (nSPS) is 19.1. The second kappa shape index (κ2) is 11.5. The maximum absolute atomic E-state index is 13.5. The highest BCUT2D eigenvalue weighted by Gasteiger charge is 2.40. The molecular formula is C30H42N2O2. The first-order valence-corrected chi connectivity index (χ1v) is 13.2. The van der Waals surface area contributed by atoms with E-state index in [1.54, 1.807) is 0 Å². The third-order valence-electron chi connectivity index (χ3n) is 7.77. The molecule has 2 heterocycles. The summed E-state index contributed by atoms with van der Waals surface area (Å²) in [5.74, 6) is 1.07. The first-order valence-electron chi connectivity index (χ1n) is 13.2. The Morgan fingerprint density at radius 3 is 2.44 bits per heavy atom. The number of rotatable bonds is 8. The van der Waals surface area contributed by atoms with Crippen molar-refractivity contribution in [3.63, 3.8) is 0 Å². The zero-order valence-corrected chi connectivity index (χ0v) is 21.4. The standard InChI is InChI=1S/C30H42N2O2/c1-23-8-14-32(15-9-23)13-5-12-31-29(33)30(10-16-34-17-11-30)22-26-6-4-7-27(21-26)28-19-24(2)18-25(3)20-28/h4,6-7,18-21,23H,5,8-17,22H2,1-3H3,(H,31,33). The molecule has 2 aliphatic rings. The molecule has 0 aliphatic carbocycles. The topological polar surface area (TPSA) is 41.6 Å². The van der Waals surface area contributed by atoms with Gasteiger partial charge in [0.15, 0.2) is 0 Å². The van der Waals surface area contributed by atoms with Crippen LogP contribution in [0.2, 0.25) is 0 Å². The molecule has 4 heteroatoms. The Morgan fingerprint density at radius 1 is 1.03 bits per heavy atom. The lowest BCUT2D eigenvalue weighted by Crippen LogP contribution is -2.46. The third kappa shape index (κ3) is 6.49. The van der Waals surface area contributed by atoms with Crippen LogP contribution in [-0.4, -0.2) is 50.2 Å². The van der Waals surface area contributed by atoms with Gasteiger partial charge in [-0.25, -0.2) is 0 Å². The van der Waals surface area contributed by atoms with Crippen LogP contribution in [0.3, 0.4) is 0 Å². The van der Waals surface area contributed by atoms with Crippen molar-refractivity contribution >= 4 is 5.91 Å². The third-order valence-corrected chi connectivity index (χ3v) is 7.77. The van der Waals surface area contributed by atoms with Crippen LogP contribution in [0.25, 0.3) is 11.1 Å². The Kier molecular flexibility index (Phi) is 8.44. The van der Waals surface area contributed by atoms with Crippen molar-refractivity contribution in [2.45, 2.75) is 59.3 Å². The van der Waals surface area contributed by atoms with E-state index in [2.05, 4.69) is 73.5 Å². The van der Waals surface area contributed by atoms with Gasteiger partial charge >= 0.3 is 0 Å². The number of nitrogens with one attached hydrogen (secondary N) is 1. The zero-order valence-electron chi connectivity index (χ0n) is 21.4. The van der Waals surface area contributed by atoms with Gasteiger partial charge in [-0.2, -0.15) is 0 Å². The largest absolute Gasteiger partial charge is 0.381 e. The zero-order chi connectivity index (χ0) is 24.0. The van der Waals surface area contributed by atoms with Gasteiger partial charge in [0, 0.05) is 19.8 Å². The summed E-state index contributed by atoms with van der Waals surface area (Å²) in [6, 6.07) is 15.4. The van der Waals surface area contributed by atoms with Gasteiger partial charge in [-0.1, -0.05) is 60.5 Å². The molecule has 0 spiro atoms. The number of nitrogens with zero attached hydrogens (tertiary/aromatic N) is 1. The van der Waals surface area contributed by atoms with Gasteiger partial charge in [0.2, 0.25) is 5.91 Å². The molecule has 0 bridgehead atoms. The molecule has 1 amide bonds. The first kappa shape index (κ1) is 24.9. The molecule has 4 nitrogen and oxygen atoms in total. The van der Waals surface area contributed by atoms with Crippen LogP contribution in [0, 0.1) is 25.2 Å². The summed E-state index contributed by atoms with van der Waals surface area (Å²) in [6.07, 6.45) is 5.97. The lowest BCUT2D eigenvalue weighted by Gasteiger charge is -2.36.